The van der Waals surface area contributed by atoms with E-state index in [0.29, 0.717) is 13.1 Å². The number of hydrogen-bond acceptors (Lipinski definition) is 3. The van der Waals surface area contributed by atoms with E-state index in [9.17, 15) is 4.79 Å². The molecule has 1 aromatic rings. The van der Waals surface area contributed by atoms with Crippen LogP contribution in [-0.2, 0) is 6.42 Å². The van der Waals surface area contributed by atoms with E-state index in [0.717, 1.165) is 32.6 Å². The first kappa shape index (κ1) is 14.9. The number of nitrogens with zero attached hydrogens (tertiary/aromatic N) is 3. The molecule has 2 heterocycles. The molecule has 2 aliphatic rings. The Kier molecular flexibility index (Phi) is 4.63. The number of likely N-dealkylation sites (N-methyl/N-ethyl adjacent to an activating group) is 1. The maximum absolute atomic E-state index is 11.8. The van der Waals surface area contributed by atoms with Gasteiger partial charge in [-0.05, 0) is 31.2 Å². The van der Waals surface area contributed by atoms with E-state index in [2.05, 4.69) is 46.4 Å². The van der Waals surface area contributed by atoms with Crippen molar-refractivity contribution in [3.63, 3.8) is 0 Å². The highest BCUT2D eigenvalue weighted by molar-refractivity contribution is 5.76. The molecule has 1 saturated heterocycles. The van der Waals surface area contributed by atoms with Gasteiger partial charge >= 0.3 is 6.03 Å². The number of piperazine rings is 1. The number of amides is 2. The van der Waals surface area contributed by atoms with Crippen LogP contribution in [0.25, 0.3) is 0 Å². The van der Waals surface area contributed by atoms with Crippen LogP contribution in [0, 0.1) is 0 Å². The fourth-order valence-electron chi connectivity index (χ4n) is 2.99. The van der Waals surface area contributed by atoms with Crippen LogP contribution in [-0.4, -0.2) is 62.1 Å². The number of urea groups is 1. The predicted molar refractivity (Wildman–Crippen MR) is 89.1 cm³/mol. The van der Waals surface area contributed by atoms with Crippen LogP contribution < -0.4 is 10.2 Å². The van der Waals surface area contributed by atoms with E-state index in [1.165, 1.54) is 11.3 Å². The normalized spacial score (nSPS) is 19.4. The van der Waals surface area contributed by atoms with Crippen molar-refractivity contribution in [3.05, 3.63) is 42.1 Å². The maximum atomic E-state index is 11.8. The lowest BCUT2D eigenvalue weighted by Gasteiger charge is -2.35. The Balaban J connectivity index is 1.67. The summed E-state index contributed by atoms with van der Waals surface area (Å²) in [6, 6.07) is 8.57. The van der Waals surface area contributed by atoms with Crippen LogP contribution in [0.15, 0.2) is 36.5 Å². The van der Waals surface area contributed by atoms with Gasteiger partial charge in [-0.15, -0.1) is 0 Å². The van der Waals surface area contributed by atoms with Crippen LogP contribution >= 0.6 is 0 Å². The van der Waals surface area contributed by atoms with Crippen molar-refractivity contribution in [1.29, 1.82) is 0 Å². The number of benzene rings is 1. The summed E-state index contributed by atoms with van der Waals surface area (Å²) in [5, 5.41) is 2.84. The Labute approximate surface area is 132 Å². The lowest BCUT2D eigenvalue weighted by atomic mass is 10.1. The number of anilines is 1. The van der Waals surface area contributed by atoms with E-state index in [1.54, 1.807) is 4.90 Å². The number of nitrogens with one attached hydrogen (secondary N) is 1. The van der Waals surface area contributed by atoms with E-state index in [1.807, 2.05) is 12.3 Å². The van der Waals surface area contributed by atoms with Gasteiger partial charge in [-0.2, -0.15) is 0 Å². The predicted octanol–water partition coefficient (Wildman–Crippen LogP) is 1.52. The minimum atomic E-state index is -0.000390. The summed E-state index contributed by atoms with van der Waals surface area (Å²) in [6.07, 6.45) is 4.74. The second-order valence-corrected chi connectivity index (χ2v) is 5.93. The molecule has 0 saturated carbocycles. The molecule has 5 heteroatoms. The Morgan fingerprint density at radius 1 is 1.14 bits per heavy atom. The monoisotopic (exact) mass is 300 g/mol. The van der Waals surface area contributed by atoms with Crippen LogP contribution in [0.4, 0.5) is 10.5 Å². The molecule has 1 aromatic carbocycles. The van der Waals surface area contributed by atoms with Crippen molar-refractivity contribution < 1.29 is 4.79 Å². The summed E-state index contributed by atoms with van der Waals surface area (Å²) >= 11 is 0. The fraction of sp³-hybridized carbons (Fsp3) is 0.471. The molecule has 0 aliphatic carbocycles. The second-order valence-electron chi connectivity index (χ2n) is 5.93. The summed E-state index contributed by atoms with van der Waals surface area (Å²) in [6.45, 7) is 5.69. The second kappa shape index (κ2) is 6.83. The molecular formula is C17H24N4O. The quantitative estimate of drug-likeness (QED) is 0.916. The van der Waals surface area contributed by atoms with Gasteiger partial charge in [0.1, 0.15) is 0 Å². The van der Waals surface area contributed by atoms with Crippen molar-refractivity contribution >= 4 is 11.7 Å². The molecule has 0 aromatic heterocycles. The smallest absolute Gasteiger partial charge is 0.321 e. The van der Waals surface area contributed by atoms with E-state index >= 15 is 0 Å². The van der Waals surface area contributed by atoms with Crippen molar-refractivity contribution in [1.82, 2.24) is 15.1 Å². The molecule has 2 aliphatic heterocycles. The van der Waals surface area contributed by atoms with Gasteiger partial charge in [0.15, 0.2) is 0 Å². The number of rotatable bonds is 4. The Hall–Kier alpha value is -2.01. The van der Waals surface area contributed by atoms with Crippen molar-refractivity contribution in [2.24, 2.45) is 0 Å². The third-order valence-electron chi connectivity index (χ3n) is 4.37. The first-order valence-corrected chi connectivity index (χ1v) is 7.96. The van der Waals surface area contributed by atoms with Crippen LogP contribution in [0.1, 0.15) is 5.56 Å². The molecule has 0 bridgehead atoms. The Morgan fingerprint density at radius 2 is 1.91 bits per heavy atom. The summed E-state index contributed by atoms with van der Waals surface area (Å²) in [4.78, 5) is 18.4. The number of para-hydroxylation sites is 1. The molecule has 0 radical (unpaired) electrons. The maximum Gasteiger partial charge on any atom is 0.321 e. The van der Waals surface area contributed by atoms with Crippen molar-refractivity contribution in [3.8, 4) is 0 Å². The average Bonchev–Trinajstić information content (AvgIpc) is 2.55. The average molecular weight is 300 g/mol. The molecule has 0 atom stereocenters. The third kappa shape index (κ3) is 3.42. The van der Waals surface area contributed by atoms with Crippen molar-refractivity contribution in [2.45, 2.75) is 6.42 Å². The van der Waals surface area contributed by atoms with Gasteiger partial charge in [-0.3, -0.25) is 0 Å². The van der Waals surface area contributed by atoms with Crippen LogP contribution in [0.3, 0.4) is 0 Å². The topological polar surface area (TPSA) is 38.8 Å². The molecule has 0 spiro atoms. The highest BCUT2D eigenvalue weighted by atomic mass is 16.2. The lowest BCUT2D eigenvalue weighted by Crippen LogP contribution is -2.45. The van der Waals surface area contributed by atoms with E-state index < -0.39 is 0 Å². The number of carbonyl (C=O) groups is 1. The third-order valence-corrected chi connectivity index (χ3v) is 4.37. The van der Waals surface area contributed by atoms with Gasteiger partial charge in [-0.1, -0.05) is 18.2 Å². The first-order chi connectivity index (χ1) is 10.7. The van der Waals surface area contributed by atoms with Gasteiger partial charge in [0.25, 0.3) is 0 Å². The lowest BCUT2D eigenvalue weighted by molar-refractivity contribution is 0.214. The summed E-state index contributed by atoms with van der Waals surface area (Å²) < 4.78 is 0. The largest absolute Gasteiger partial charge is 0.369 e. The van der Waals surface area contributed by atoms with Gasteiger partial charge < -0.3 is 20.0 Å². The zero-order chi connectivity index (χ0) is 15.4. The van der Waals surface area contributed by atoms with Crippen molar-refractivity contribution in [2.75, 3.05) is 51.2 Å². The van der Waals surface area contributed by atoms with Gasteiger partial charge in [0.05, 0.1) is 0 Å². The first-order valence-electron chi connectivity index (χ1n) is 7.96. The zero-order valence-electron chi connectivity index (χ0n) is 13.2. The Morgan fingerprint density at radius 3 is 2.68 bits per heavy atom. The molecule has 1 N–H and O–H groups in total. The van der Waals surface area contributed by atoms with Gasteiger partial charge in [-0.25, -0.2) is 4.79 Å². The SMILES string of the molecule is CN1CCN(c2ccccc2CCN2C=CCNC2=O)CC1. The zero-order valence-corrected chi connectivity index (χ0v) is 13.2. The van der Waals surface area contributed by atoms with Gasteiger partial charge in [0, 0.05) is 51.2 Å². The van der Waals surface area contributed by atoms with Crippen LogP contribution in [0.5, 0.6) is 0 Å². The van der Waals surface area contributed by atoms with Gasteiger partial charge in [0.2, 0.25) is 0 Å². The van der Waals surface area contributed by atoms with E-state index in [4.69, 9.17) is 0 Å². The minimum absolute atomic E-state index is 0.000390. The number of carbonyl (C=O) groups excluding carboxylic acids is 1. The summed E-state index contributed by atoms with van der Waals surface area (Å²) in [7, 11) is 2.17. The molecule has 118 valence electrons. The Bertz CT molecular complexity index is 549. The number of hydrogen-bond donors (Lipinski definition) is 1. The fourth-order valence-corrected chi connectivity index (χ4v) is 2.99. The van der Waals surface area contributed by atoms with E-state index in [-0.39, 0.29) is 6.03 Å². The molecular weight excluding hydrogens is 276 g/mol. The molecule has 22 heavy (non-hydrogen) atoms. The van der Waals surface area contributed by atoms with Crippen LogP contribution in [0.2, 0.25) is 0 Å². The molecule has 2 amide bonds. The molecule has 5 nitrogen and oxygen atoms in total. The summed E-state index contributed by atoms with van der Waals surface area (Å²) in [5.41, 5.74) is 2.64. The highest BCUT2D eigenvalue weighted by Gasteiger charge is 2.18. The molecule has 3 rings (SSSR count). The standard InChI is InChI=1S/C17H24N4O/c1-19-11-13-20(14-12-19)16-6-3-2-5-15(16)7-10-21-9-4-8-18-17(21)22/h2-6,9H,7-8,10-14H2,1H3,(H,18,22). The molecule has 1 fully saturated rings. The highest BCUT2D eigenvalue weighted by Crippen LogP contribution is 2.22. The minimum Gasteiger partial charge on any atom is -0.369 e. The summed E-state index contributed by atoms with van der Waals surface area (Å²) in [5.74, 6) is 0. The molecule has 0 unspecified atom stereocenters.